The van der Waals surface area contributed by atoms with Gasteiger partial charge in [-0.25, -0.2) is 0 Å². The normalized spacial score (nSPS) is 20.3. The van der Waals surface area contributed by atoms with Crippen molar-refractivity contribution < 1.29 is 23.9 Å². The molecule has 0 bridgehead atoms. The Labute approximate surface area is 132 Å². The molecule has 3 amide bonds. The van der Waals surface area contributed by atoms with E-state index in [1.807, 2.05) is 0 Å². The van der Waals surface area contributed by atoms with Gasteiger partial charge in [-0.2, -0.15) is 0 Å². The smallest absolute Gasteiger partial charge is 0.311 e. The highest BCUT2D eigenvalue weighted by Crippen LogP contribution is 2.30. The average molecular weight is 316 g/mol. The highest BCUT2D eigenvalue weighted by molar-refractivity contribution is 6.21. The number of anilines is 1. The number of esters is 1. The SMILES string of the molecule is CCOC(=O)[C@H]1CC(=O)N(c2ccc3c(c2)C(=O)N(C)C3=O)C1. The molecule has 0 saturated carbocycles. The highest BCUT2D eigenvalue weighted by atomic mass is 16.5. The molecular weight excluding hydrogens is 300 g/mol. The van der Waals surface area contributed by atoms with Crippen LogP contribution in [0.2, 0.25) is 0 Å². The molecule has 1 aromatic rings. The Morgan fingerprint density at radius 3 is 2.61 bits per heavy atom. The summed E-state index contributed by atoms with van der Waals surface area (Å²) >= 11 is 0. The summed E-state index contributed by atoms with van der Waals surface area (Å²) in [6.45, 7) is 2.20. The van der Waals surface area contributed by atoms with Gasteiger partial charge in [0.2, 0.25) is 5.91 Å². The molecule has 2 heterocycles. The van der Waals surface area contributed by atoms with E-state index in [-0.39, 0.29) is 42.9 Å². The van der Waals surface area contributed by atoms with E-state index in [9.17, 15) is 19.2 Å². The number of rotatable bonds is 3. The minimum atomic E-state index is -0.504. The van der Waals surface area contributed by atoms with E-state index in [1.165, 1.54) is 18.0 Å². The van der Waals surface area contributed by atoms with Gasteiger partial charge >= 0.3 is 5.97 Å². The Bertz CT molecular complexity index is 727. The lowest BCUT2D eigenvalue weighted by Crippen LogP contribution is -2.26. The van der Waals surface area contributed by atoms with E-state index in [0.717, 1.165) is 4.90 Å². The molecule has 23 heavy (non-hydrogen) atoms. The van der Waals surface area contributed by atoms with Gasteiger partial charge < -0.3 is 9.64 Å². The molecule has 0 unspecified atom stereocenters. The molecule has 0 radical (unpaired) electrons. The molecule has 7 heteroatoms. The standard InChI is InChI=1S/C16H16N2O5/c1-3-23-16(22)9-6-13(19)18(8-9)10-4-5-11-12(7-10)15(21)17(2)14(11)20/h4-5,7,9H,3,6,8H2,1-2H3/t9-/m0/s1. The molecule has 1 aromatic carbocycles. The van der Waals surface area contributed by atoms with Crippen molar-refractivity contribution in [3.05, 3.63) is 29.3 Å². The van der Waals surface area contributed by atoms with Crippen LogP contribution in [0.15, 0.2) is 18.2 Å². The summed E-state index contributed by atoms with van der Waals surface area (Å²) in [5.74, 6) is -1.84. The monoisotopic (exact) mass is 316 g/mol. The van der Waals surface area contributed by atoms with Crippen LogP contribution in [0.3, 0.4) is 0 Å². The average Bonchev–Trinajstić information content (AvgIpc) is 3.02. The molecule has 0 aliphatic carbocycles. The predicted octanol–water partition coefficient (Wildman–Crippen LogP) is 0.828. The van der Waals surface area contributed by atoms with Crippen LogP contribution in [0.25, 0.3) is 0 Å². The fourth-order valence-electron chi connectivity index (χ4n) is 2.89. The van der Waals surface area contributed by atoms with Crippen LogP contribution in [0.1, 0.15) is 34.1 Å². The zero-order valence-electron chi connectivity index (χ0n) is 12.9. The maximum absolute atomic E-state index is 12.2. The molecule has 120 valence electrons. The molecule has 2 aliphatic heterocycles. The lowest BCUT2D eigenvalue weighted by atomic mass is 10.1. The van der Waals surface area contributed by atoms with Crippen LogP contribution < -0.4 is 4.90 Å². The Kier molecular flexibility index (Phi) is 3.63. The van der Waals surface area contributed by atoms with Gasteiger partial charge in [0.15, 0.2) is 0 Å². The van der Waals surface area contributed by atoms with Crippen molar-refractivity contribution in [3.8, 4) is 0 Å². The third-order valence-corrected chi connectivity index (χ3v) is 4.13. The first kappa shape index (κ1) is 15.2. The fourth-order valence-corrected chi connectivity index (χ4v) is 2.89. The summed E-state index contributed by atoms with van der Waals surface area (Å²) < 4.78 is 4.95. The summed E-state index contributed by atoms with van der Waals surface area (Å²) in [4.78, 5) is 50.4. The van der Waals surface area contributed by atoms with Gasteiger partial charge in [-0.3, -0.25) is 24.1 Å². The minimum Gasteiger partial charge on any atom is -0.466 e. The highest BCUT2D eigenvalue weighted by Gasteiger charge is 2.38. The number of hydrogen-bond acceptors (Lipinski definition) is 5. The third-order valence-electron chi connectivity index (χ3n) is 4.13. The number of nitrogens with zero attached hydrogens (tertiary/aromatic N) is 2. The summed E-state index contributed by atoms with van der Waals surface area (Å²) in [5, 5.41) is 0. The van der Waals surface area contributed by atoms with Gasteiger partial charge in [0.05, 0.1) is 23.7 Å². The van der Waals surface area contributed by atoms with Crippen molar-refractivity contribution in [1.29, 1.82) is 0 Å². The Morgan fingerprint density at radius 1 is 1.22 bits per heavy atom. The van der Waals surface area contributed by atoms with Crippen LogP contribution in [0.5, 0.6) is 0 Å². The molecule has 0 aromatic heterocycles. The molecule has 1 saturated heterocycles. The second-order valence-corrected chi connectivity index (χ2v) is 5.56. The minimum absolute atomic E-state index is 0.0860. The van der Waals surface area contributed by atoms with E-state index in [2.05, 4.69) is 0 Å². The molecule has 1 atom stereocenters. The fraction of sp³-hybridized carbons (Fsp3) is 0.375. The second kappa shape index (κ2) is 5.49. The molecular formula is C16H16N2O5. The van der Waals surface area contributed by atoms with Gasteiger partial charge in [0.1, 0.15) is 0 Å². The van der Waals surface area contributed by atoms with E-state index < -0.39 is 11.9 Å². The van der Waals surface area contributed by atoms with Gasteiger partial charge in [0, 0.05) is 25.7 Å². The first-order chi connectivity index (χ1) is 10.9. The Hall–Kier alpha value is -2.70. The largest absolute Gasteiger partial charge is 0.466 e. The maximum Gasteiger partial charge on any atom is 0.311 e. The second-order valence-electron chi connectivity index (χ2n) is 5.56. The Morgan fingerprint density at radius 2 is 1.91 bits per heavy atom. The van der Waals surface area contributed by atoms with Gasteiger partial charge in [-0.05, 0) is 25.1 Å². The number of carbonyl (C=O) groups is 4. The number of fused-ring (bicyclic) bond motifs is 1. The van der Waals surface area contributed by atoms with E-state index >= 15 is 0 Å². The first-order valence-electron chi connectivity index (χ1n) is 7.37. The maximum atomic E-state index is 12.2. The van der Waals surface area contributed by atoms with Crippen LogP contribution in [-0.2, 0) is 14.3 Å². The quantitative estimate of drug-likeness (QED) is 0.609. The van der Waals surface area contributed by atoms with Crippen molar-refractivity contribution in [2.45, 2.75) is 13.3 Å². The third kappa shape index (κ3) is 2.38. The molecule has 2 aliphatic rings. The zero-order valence-corrected chi connectivity index (χ0v) is 12.9. The number of benzene rings is 1. The number of carbonyl (C=O) groups excluding carboxylic acids is 4. The van der Waals surface area contributed by atoms with E-state index in [0.29, 0.717) is 11.3 Å². The first-order valence-corrected chi connectivity index (χ1v) is 7.37. The van der Waals surface area contributed by atoms with Crippen molar-refractivity contribution in [2.75, 3.05) is 25.1 Å². The van der Waals surface area contributed by atoms with Gasteiger partial charge in [0.25, 0.3) is 11.8 Å². The number of hydrogen-bond donors (Lipinski definition) is 0. The number of ether oxygens (including phenoxy) is 1. The molecule has 0 spiro atoms. The van der Waals surface area contributed by atoms with Crippen molar-refractivity contribution in [1.82, 2.24) is 4.90 Å². The summed E-state index contributed by atoms with van der Waals surface area (Å²) in [7, 11) is 1.42. The van der Waals surface area contributed by atoms with E-state index in [4.69, 9.17) is 4.74 Å². The number of amides is 3. The van der Waals surface area contributed by atoms with E-state index in [1.54, 1.807) is 19.1 Å². The zero-order chi connectivity index (χ0) is 16.7. The van der Waals surface area contributed by atoms with Gasteiger partial charge in [-0.1, -0.05) is 0 Å². The summed E-state index contributed by atoms with van der Waals surface area (Å²) in [6, 6.07) is 4.69. The van der Waals surface area contributed by atoms with Crippen LogP contribution in [0.4, 0.5) is 5.69 Å². The van der Waals surface area contributed by atoms with Crippen LogP contribution >= 0.6 is 0 Å². The van der Waals surface area contributed by atoms with Crippen molar-refractivity contribution in [3.63, 3.8) is 0 Å². The van der Waals surface area contributed by atoms with Crippen LogP contribution in [0, 0.1) is 5.92 Å². The Balaban J connectivity index is 1.87. The molecule has 1 fully saturated rings. The topological polar surface area (TPSA) is 84.0 Å². The van der Waals surface area contributed by atoms with Crippen molar-refractivity contribution in [2.24, 2.45) is 5.92 Å². The lowest BCUT2D eigenvalue weighted by molar-refractivity contribution is -0.147. The predicted molar refractivity (Wildman–Crippen MR) is 80.0 cm³/mol. The summed E-state index contributed by atoms with van der Waals surface area (Å²) in [5.41, 5.74) is 1.12. The molecule has 0 N–H and O–H groups in total. The number of imide groups is 1. The summed E-state index contributed by atoms with van der Waals surface area (Å²) in [6.07, 6.45) is 0.0860. The lowest BCUT2D eigenvalue weighted by Gasteiger charge is -2.17. The molecule has 7 nitrogen and oxygen atoms in total. The molecule has 3 rings (SSSR count). The van der Waals surface area contributed by atoms with Gasteiger partial charge in [-0.15, -0.1) is 0 Å². The van der Waals surface area contributed by atoms with Crippen LogP contribution in [-0.4, -0.2) is 48.8 Å². The van der Waals surface area contributed by atoms with Crippen molar-refractivity contribution >= 4 is 29.4 Å².